The number of thioether (sulfide) groups is 1. The Morgan fingerprint density at radius 3 is 2.66 bits per heavy atom. The Kier molecular flexibility index (Phi) is 5.59. The van der Waals surface area contributed by atoms with Gasteiger partial charge in [0.15, 0.2) is 16.8 Å². The van der Waals surface area contributed by atoms with Gasteiger partial charge < -0.3 is 5.11 Å². The third-order valence-electron chi connectivity index (χ3n) is 5.49. The third kappa shape index (κ3) is 3.82. The first-order chi connectivity index (χ1) is 13.5. The summed E-state index contributed by atoms with van der Waals surface area (Å²) in [6.07, 6.45) is 1.45. The lowest BCUT2D eigenvalue weighted by Crippen LogP contribution is -2.52. The lowest BCUT2D eigenvalue weighted by molar-refractivity contribution is -0.385. The molecule has 1 amide bonds. The number of aliphatic imine (C=N–C) groups is 1. The Morgan fingerprint density at radius 1 is 1.38 bits per heavy atom. The Morgan fingerprint density at radius 2 is 2.07 bits per heavy atom. The zero-order valence-electron chi connectivity index (χ0n) is 16.4. The van der Waals surface area contributed by atoms with Gasteiger partial charge in [0.25, 0.3) is 5.69 Å². The van der Waals surface area contributed by atoms with Crippen molar-refractivity contribution in [1.29, 1.82) is 0 Å². The molecule has 1 heterocycles. The Balaban J connectivity index is 2.24. The highest BCUT2D eigenvalue weighted by molar-refractivity contribution is 8.13. The van der Waals surface area contributed by atoms with Gasteiger partial charge in [0.1, 0.15) is 0 Å². The lowest BCUT2D eigenvalue weighted by atomic mass is 9.69. The highest BCUT2D eigenvalue weighted by Gasteiger charge is 2.49. The highest BCUT2D eigenvalue weighted by atomic mass is 32.2. The summed E-state index contributed by atoms with van der Waals surface area (Å²) in [5.41, 5.74) is -2.73. The SMILES string of the molecule is CC(C)(C)N(C(=O)O)C1=NC2(c3cc([N+](=O)[O-])cc(F)c3F)CCCCC2CS1. The second kappa shape index (κ2) is 7.55. The summed E-state index contributed by atoms with van der Waals surface area (Å²) in [5.74, 6) is -2.15. The fraction of sp³-hybridized carbons (Fsp3) is 0.579. The number of halogens is 2. The summed E-state index contributed by atoms with van der Waals surface area (Å²) in [7, 11) is 0. The standard InChI is InChI=1S/C19H23F2N3O4S/c1-18(2,3)23(17(25)26)16-22-19(7-5-4-6-11(19)10-29-16)13-8-12(24(27)28)9-14(20)15(13)21/h8-9,11H,4-7,10H2,1-3H3,(H,25,26). The van der Waals surface area contributed by atoms with E-state index in [9.17, 15) is 28.8 Å². The fourth-order valence-corrected chi connectivity index (χ4v) is 5.66. The maximum atomic E-state index is 14.9. The molecule has 1 aliphatic carbocycles. The number of nitro groups is 1. The minimum absolute atomic E-state index is 0.161. The second-order valence-corrected chi connectivity index (χ2v) is 9.39. The van der Waals surface area contributed by atoms with E-state index in [0.29, 0.717) is 31.1 Å². The molecule has 1 aromatic carbocycles. The minimum atomic E-state index is -1.30. The molecule has 1 N–H and O–H groups in total. The quantitative estimate of drug-likeness (QED) is 0.521. The largest absolute Gasteiger partial charge is 0.465 e. The first-order valence-corrected chi connectivity index (χ1v) is 10.4. The van der Waals surface area contributed by atoms with Crippen LogP contribution in [0.3, 0.4) is 0 Å². The van der Waals surface area contributed by atoms with Gasteiger partial charge in [-0.3, -0.25) is 20.0 Å². The maximum Gasteiger partial charge on any atom is 0.413 e. The molecular formula is C19H23F2N3O4S. The van der Waals surface area contributed by atoms with E-state index in [-0.39, 0.29) is 16.6 Å². The first-order valence-electron chi connectivity index (χ1n) is 9.37. The van der Waals surface area contributed by atoms with Gasteiger partial charge in [-0.15, -0.1) is 0 Å². The monoisotopic (exact) mass is 427 g/mol. The third-order valence-corrected chi connectivity index (χ3v) is 6.59. The number of nitro benzene ring substituents is 1. The molecule has 0 saturated heterocycles. The minimum Gasteiger partial charge on any atom is -0.465 e. The van der Waals surface area contributed by atoms with E-state index >= 15 is 0 Å². The Labute approximate surface area is 171 Å². The number of non-ortho nitro benzene ring substituents is 1. The second-order valence-electron chi connectivity index (χ2n) is 8.41. The molecule has 2 aliphatic rings. The molecule has 1 aliphatic heterocycles. The van der Waals surface area contributed by atoms with E-state index in [1.165, 1.54) is 11.8 Å². The number of carboxylic acid groups (broad SMARTS) is 1. The zero-order valence-corrected chi connectivity index (χ0v) is 17.3. The van der Waals surface area contributed by atoms with Gasteiger partial charge in [-0.25, -0.2) is 13.6 Å². The normalized spacial score (nSPS) is 24.4. The number of amides is 1. The van der Waals surface area contributed by atoms with E-state index in [0.717, 1.165) is 17.4 Å². The molecular weight excluding hydrogens is 404 g/mol. The van der Waals surface area contributed by atoms with Crippen LogP contribution in [-0.4, -0.2) is 37.5 Å². The van der Waals surface area contributed by atoms with E-state index in [1.54, 1.807) is 20.8 Å². The van der Waals surface area contributed by atoms with Crippen molar-refractivity contribution in [2.75, 3.05) is 5.75 Å². The molecule has 0 bridgehead atoms. The number of nitrogens with zero attached hydrogens (tertiary/aromatic N) is 3. The molecule has 0 spiro atoms. The van der Waals surface area contributed by atoms with Crippen LogP contribution < -0.4 is 0 Å². The molecule has 1 fully saturated rings. The van der Waals surface area contributed by atoms with Gasteiger partial charge in [-0.05, 0) is 39.5 Å². The van der Waals surface area contributed by atoms with Crippen LogP contribution in [0.25, 0.3) is 0 Å². The average molecular weight is 427 g/mol. The summed E-state index contributed by atoms with van der Waals surface area (Å²) in [6.45, 7) is 5.16. The number of benzene rings is 1. The van der Waals surface area contributed by atoms with Crippen LogP contribution in [-0.2, 0) is 5.54 Å². The van der Waals surface area contributed by atoms with Crippen molar-refractivity contribution in [2.45, 2.75) is 57.5 Å². The topological polar surface area (TPSA) is 96.0 Å². The van der Waals surface area contributed by atoms with Crippen molar-refractivity contribution in [3.63, 3.8) is 0 Å². The molecule has 0 radical (unpaired) electrons. The number of rotatable bonds is 2. The van der Waals surface area contributed by atoms with E-state index in [4.69, 9.17) is 4.99 Å². The zero-order chi connectivity index (χ0) is 21.6. The predicted octanol–water partition coefficient (Wildman–Crippen LogP) is 5.14. The molecule has 10 heteroatoms. The van der Waals surface area contributed by atoms with Crippen LogP contribution in [0.4, 0.5) is 19.3 Å². The van der Waals surface area contributed by atoms with Crippen LogP contribution in [0.15, 0.2) is 17.1 Å². The number of hydrogen-bond donors (Lipinski definition) is 1. The van der Waals surface area contributed by atoms with Crippen LogP contribution in [0.5, 0.6) is 0 Å². The molecule has 158 valence electrons. The smallest absolute Gasteiger partial charge is 0.413 e. The van der Waals surface area contributed by atoms with Crippen LogP contribution in [0.2, 0.25) is 0 Å². The van der Waals surface area contributed by atoms with Crippen LogP contribution in [0, 0.1) is 27.7 Å². The molecule has 29 heavy (non-hydrogen) atoms. The van der Waals surface area contributed by atoms with Crippen LogP contribution >= 0.6 is 11.8 Å². The highest BCUT2D eigenvalue weighted by Crippen LogP contribution is 2.51. The maximum absolute atomic E-state index is 14.9. The fourth-order valence-electron chi connectivity index (χ4n) is 4.15. The molecule has 0 aromatic heterocycles. The molecule has 2 atom stereocenters. The molecule has 7 nitrogen and oxygen atoms in total. The van der Waals surface area contributed by atoms with E-state index in [1.807, 2.05) is 0 Å². The molecule has 1 saturated carbocycles. The Bertz CT molecular complexity index is 887. The van der Waals surface area contributed by atoms with Crippen molar-refractivity contribution >= 4 is 28.7 Å². The van der Waals surface area contributed by atoms with Gasteiger partial charge in [-0.2, -0.15) is 0 Å². The number of carbonyl (C=O) groups is 1. The molecule has 1 aromatic rings. The van der Waals surface area contributed by atoms with Gasteiger partial charge in [0.05, 0.1) is 16.5 Å². The number of fused-ring (bicyclic) bond motifs is 1. The predicted molar refractivity (Wildman–Crippen MR) is 106 cm³/mol. The van der Waals surface area contributed by atoms with E-state index < -0.39 is 39.4 Å². The van der Waals surface area contributed by atoms with Gasteiger partial charge in [-0.1, -0.05) is 24.6 Å². The van der Waals surface area contributed by atoms with Crippen LogP contribution in [0.1, 0.15) is 52.0 Å². The van der Waals surface area contributed by atoms with Crippen molar-refractivity contribution in [2.24, 2.45) is 10.9 Å². The van der Waals surface area contributed by atoms with Crippen molar-refractivity contribution in [3.8, 4) is 0 Å². The summed E-state index contributed by atoms with van der Waals surface area (Å²) >= 11 is 1.27. The van der Waals surface area contributed by atoms with Crippen molar-refractivity contribution in [3.05, 3.63) is 39.4 Å². The first kappa shape index (κ1) is 21.5. The molecule has 3 rings (SSSR count). The summed E-state index contributed by atoms with van der Waals surface area (Å²) in [5, 5.41) is 21.2. The summed E-state index contributed by atoms with van der Waals surface area (Å²) < 4.78 is 29.2. The Hall–Kier alpha value is -2.23. The van der Waals surface area contributed by atoms with E-state index in [2.05, 4.69) is 0 Å². The molecule has 2 unspecified atom stereocenters. The van der Waals surface area contributed by atoms with Gasteiger partial charge in [0, 0.05) is 22.9 Å². The summed E-state index contributed by atoms with van der Waals surface area (Å²) in [6, 6.07) is 1.62. The summed E-state index contributed by atoms with van der Waals surface area (Å²) in [4.78, 5) is 28.2. The van der Waals surface area contributed by atoms with Crippen molar-refractivity contribution in [1.82, 2.24) is 4.90 Å². The lowest BCUT2D eigenvalue weighted by Gasteiger charge is -2.46. The van der Waals surface area contributed by atoms with Crippen molar-refractivity contribution < 1.29 is 23.6 Å². The number of amidine groups is 1. The average Bonchev–Trinajstić information content (AvgIpc) is 2.61. The van der Waals surface area contributed by atoms with Gasteiger partial charge in [0.2, 0.25) is 0 Å². The number of hydrogen-bond acceptors (Lipinski definition) is 5. The van der Waals surface area contributed by atoms with Gasteiger partial charge >= 0.3 is 6.09 Å².